The monoisotopic (exact) mass is 649 g/mol. The van der Waals surface area contributed by atoms with Gasteiger partial charge in [-0.1, -0.05) is 188 Å². The Morgan fingerprint density at radius 1 is 0.294 bits per heavy atom. The lowest BCUT2D eigenvalue weighted by molar-refractivity contribution is 0.768. The van der Waals surface area contributed by atoms with Crippen LogP contribution in [0.3, 0.4) is 0 Å². The fraction of sp³-hybridized carbons (Fsp3) is 0.0400. The number of rotatable bonds is 6. The second kappa shape index (κ2) is 11.6. The van der Waals surface area contributed by atoms with Crippen molar-refractivity contribution in [2.75, 3.05) is 5.32 Å². The summed E-state index contributed by atoms with van der Waals surface area (Å²) >= 11 is 0. The van der Waals surface area contributed by atoms with Crippen molar-refractivity contribution < 1.29 is 0 Å². The average molecular weight is 650 g/mol. The van der Waals surface area contributed by atoms with E-state index in [0.29, 0.717) is 0 Å². The van der Waals surface area contributed by atoms with Gasteiger partial charge in [0.2, 0.25) is 0 Å². The van der Waals surface area contributed by atoms with E-state index in [2.05, 4.69) is 212 Å². The molecule has 8 aromatic carbocycles. The standard InChI is InChI=1S/C50H35N/c1-4-18-35(19-5-1)49(36-20-6-2-7-21-36)45-31-15-12-28-42(45)48-46(49)32-17-33-47(48)51-39-25-16-24-38(34-39)50(37-22-8-3-9-23-37)43-29-13-10-26-40(43)41-27-11-14-30-44(41)50/h1-34,51H. The van der Waals surface area contributed by atoms with Gasteiger partial charge in [-0.15, -0.1) is 0 Å². The smallest absolute Gasteiger partial charge is 0.0714 e. The van der Waals surface area contributed by atoms with Crippen molar-refractivity contribution in [3.8, 4) is 22.3 Å². The maximum atomic E-state index is 3.97. The van der Waals surface area contributed by atoms with E-state index in [9.17, 15) is 0 Å². The van der Waals surface area contributed by atoms with Gasteiger partial charge in [0.15, 0.2) is 0 Å². The largest absolute Gasteiger partial charge is 0.355 e. The van der Waals surface area contributed by atoms with Crippen molar-refractivity contribution in [2.24, 2.45) is 0 Å². The molecule has 0 spiro atoms. The zero-order chi connectivity index (χ0) is 33.8. The summed E-state index contributed by atoms with van der Waals surface area (Å²) in [5.41, 5.74) is 16.7. The highest BCUT2D eigenvalue weighted by Gasteiger charge is 2.48. The SMILES string of the molecule is c1ccc(C2(c3cccc(Nc4cccc5c4-c4ccccc4C5(c4ccccc4)c4ccccc4)c3)c3ccccc3-c3ccccc32)cc1. The van der Waals surface area contributed by atoms with Gasteiger partial charge in [-0.2, -0.15) is 0 Å². The summed E-state index contributed by atoms with van der Waals surface area (Å²) in [6.07, 6.45) is 0. The van der Waals surface area contributed by atoms with Crippen LogP contribution in [0.4, 0.5) is 11.4 Å². The Morgan fingerprint density at radius 2 is 0.686 bits per heavy atom. The normalized spacial score (nSPS) is 14.2. The average Bonchev–Trinajstić information content (AvgIpc) is 3.69. The summed E-state index contributed by atoms with van der Waals surface area (Å²) in [7, 11) is 0. The van der Waals surface area contributed by atoms with Crippen LogP contribution in [-0.2, 0) is 10.8 Å². The molecule has 0 radical (unpaired) electrons. The number of fused-ring (bicyclic) bond motifs is 6. The van der Waals surface area contributed by atoms with E-state index in [-0.39, 0.29) is 0 Å². The summed E-state index contributed by atoms with van der Waals surface area (Å²) in [6, 6.07) is 75.7. The lowest BCUT2D eigenvalue weighted by Crippen LogP contribution is -2.28. The van der Waals surface area contributed by atoms with E-state index >= 15 is 0 Å². The highest BCUT2D eigenvalue weighted by Crippen LogP contribution is 2.59. The molecule has 0 atom stereocenters. The third kappa shape index (κ3) is 4.16. The molecule has 8 aromatic rings. The highest BCUT2D eigenvalue weighted by molar-refractivity contribution is 5.95. The predicted octanol–water partition coefficient (Wildman–Crippen LogP) is 12.2. The van der Waals surface area contributed by atoms with Crippen LogP contribution in [0.2, 0.25) is 0 Å². The van der Waals surface area contributed by atoms with Gasteiger partial charge < -0.3 is 5.32 Å². The van der Waals surface area contributed by atoms with Crippen LogP contribution in [0.15, 0.2) is 206 Å². The number of benzene rings is 8. The lowest BCUT2D eigenvalue weighted by Gasteiger charge is -2.34. The van der Waals surface area contributed by atoms with Crippen molar-refractivity contribution in [3.63, 3.8) is 0 Å². The Morgan fingerprint density at radius 3 is 1.24 bits per heavy atom. The van der Waals surface area contributed by atoms with Crippen LogP contribution in [0.1, 0.15) is 44.5 Å². The summed E-state index contributed by atoms with van der Waals surface area (Å²) in [5, 5.41) is 3.97. The van der Waals surface area contributed by atoms with Crippen molar-refractivity contribution >= 4 is 11.4 Å². The summed E-state index contributed by atoms with van der Waals surface area (Å²) < 4.78 is 0. The quantitative estimate of drug-likeness (QED) is 0.189. The molecule has 10 rings (SSSR count). The maximum absolute atomic E-state index is 3.97. The molecule has 240 valence electrons. The minimum absolute atomic E-state index is 0.442. The summed E-state index contributed by atoms with van der Waals surface area (Å²) in [4.78, 5) is 0. The second-order valence-corrected chi connectivity index (χ2v) is 13.7. The van der Waals surface area contributed by atoms with Gasteiger partial charge in [0.1, 0.15) is 0 Å². The predicted molar refractivity (Wildman–Crippen MR) is 211 cm³/mol. The van der Waals surface area contributed by atoms with E-state index in [1.54, 1.807) is 0 Å². The van der Waals surface area contributed by atoms with E-state index < -0.39 is 10.8 Å². The molecule has 2 aliphatic rings. The molecule has 0 saturated heterocycles. The molecule has 1 N–H and O–H groups in total. The fourth-order valence-corrected chi connectivity index (χ4v) is 9.29. The molecule has 0 fully saturated rings. The third-order valence-electron chi connectivity index (χ3n) is 11.2. The molecular weight excluding hydrogens is 615 g/mol. The molecule has 0 bridgehead atoms. The second-order valence-electron chi connectivity index (χ2n) is 13.7. The Hall–Kier alpha value is -6.44. The molecular formula is C50H35N. The zero-order valence-electron chi connectivity index (χ0n) is 28.1. The van der Waals surface area contributed by atoms with Gasteiger partial charge in [-0.3, -0.25) is 0 Å². The zero-order valence-corrected chi connectivity index (χ0v) is 28.1. The number of hydrogen-bond acceptors (Lipinski definition) is 1. The molecule has 0 aromatic heterocycles. The molecule has 1 nitrogen and oxygen atoms in total. The first-order valence-corrected chi connectivity index (χ1v) is 17.8. The molecule has 0 saturated carbocycles. The van der Waals surface area contributed by atoms with Crippen LogP contribution in [0, 0.1) is 0 Å². The summed E-state index contributed by atoms with van der Waals surface area (Å²) in [6.45, 7) is 0. The molecule has 1 heteroatoms. The van der Waals surface area contributed by atoms with Crippen LogP contribution >= 0.6 is 0 Å². The first kappa shape index (κ1) is 29.5. The molecule has 0 aliphatic heterocycles. The first-order valence-electron chi connectivity index (χ1n) is 17.8. The lowest BCUT2D eigenvalue weighted by atomic mass is 9.67. The minimum Gasteiger partial charge on any atom is -0.355 e. The molecule has 2 aliphatic carbocycles. The highest BCUT2D eigenvalue weighted by atomic mass is 14.9. The van der Waals surface area contributed by atoms with Crippen LogP contribution in [0.5, 0.6) is 0 Å². The van der Waals surface area contributed by atoms with Crippen molar-refractivity contribution in [2.45, 2.75) is 10.8 Å². The first-order chi connectivity index (χ1) is 25.3. The summed E-state index contributed by atoms with van der Waals surface area (Å²) in [5.74, 6) is 0. The van der Waals surface area contributed by atoms with E-state index in [1.807, 2.05) is 0 Å². The van der Waals surface area contributed by atoms with Gasteiger partial charge >= 0.3 is 0 Å². The van der Waals surface area contributed by atoms with E-state index in [4.69, 9.17) is 0 Å². The maximum Gasteiger partial charge on any atom is 0.0714 e. The Balaban J connectivity index is 1.18. The van der Waals surface area contributed by atoms with Crippen LogP contribution < -0.4 is 5.32 Å². The molecule has 51 heavy (non-hydrogen) atoms. The van der Waals surface area contributed by atoms with Gasteiger partial charge in [-0.05, 0) is 79.4 Å². The number of hydrogen-bond donors (Lipinski definition) is 1. The Kier molecular flexibility index (Phi) is 6.69. The molecule has 0 unspecified atom stereocenters. The van der Waals surface area contributed by atoms with Gasteiger partial charge in [0, 0.05) is 16.9 Å². The number of nitrogens with one attached hydrogen (secondary N) is 1. The van der Waals surface area contributed by atoms with Crippen molar-refractivity contribution in [1.82, 2.24) is 0 Å². The van der Waals surface area contributed by atoms with Crippen LogP contribution in [-0.4, -0.2) is 0 Å². The fourth-order valence-electron chi connectivity index (χ4n) is 9.29. The Labute approximate surface area is 299 Å². The topological polar surface area (TPSA) is 12.0 Å². The van der Waals surface area contributed by atoms with Crippen molar-refractivity contribution in [3.05, 3.63) is 251 Å². The third-order valence-corrected chi connectivity index (χ3v) is 11.2. The van der Waals surface area contributed by atoms with E-state index in [1.165, 1.54) is 66.8 Å². The number of anilines is 2. The van der Waals surface area contributed by atoms with Crippen LogP contribution in [0.25, 0.3) is 22.3 Å². The molecule has 0 amide bonds. The Bertz CT molecular complexity index is 2460. The van der Waals surface area contributed by atoms with Gasteiger partial charge in [0.25, 0.3) is 0 Å². The van der Waals surface area contributed by atoms with Gasteiger partial charge in [-0.25, -0.2) is 0 Å². The molecule has 0 heterocycles. The minimum atomic E-state index is -0.451. The van der Waals surface area contributed by atoms with E-state index in [0.717, 1.165) is 11.4 Å². The van der Waals surface area contributed by atoms with Gasteiger partial charge in [0.05, 0.1) is 10.8 Å². The van der Waals surface area contributed by atoms with Crippen molar-refractivity contribution in [1.29, 1.82) is 0 Å².